The van der Waals surface area contributed by atoms with Crippen molar-refractivity contribution in [3.63, 3.8) is 0 Å². The van der Waals surface area contributed by atoms with Crippen molar-refractivity contribution in [1.82, 2.24) is 9.96 Å². The summed E-state index contributed by atoms with van der Waals surface area (Å²) in [6.07, 6.45) is 11.6. The first-order valence-corrected chi connectivity index (χ1v) is 29.8. The number of amidine groups is 1. The molecular formula is C49H56ClN4NaO16S4. The molecule has 0 aromatic heterocycles. The number of carbonyl (C=O) groups excluding carboxylic acids is 3. The maximum absolute atomic E-state index is 12.9. The molecule has 3 aromatic rings. The van der Waals surface area contributed by atoms with Gasteiger partial charge in [-0.15, -0.1) is 5.06 Å². The standard InChI is InChI=1S/C49H55ClN4O16S4.Na.H/c1-48(2)38-27-34(50)30-52(22-5-7-24-71(58,59)60)47(38)51-41(48)17-13-32(33-11-9-10-31(26-33)12-21-45(57)70-54-43(55)19-20-44(54)56)14-18-42-49(3,4)46-37-28-35(73(64,65)66)29-40(74(67,68)69)36(37)15-16-39(46)53(42)23-6-8-25-72(61,62)63;;/h9-11,13-18,26-30,42H,5-8,12,19-25H2,1-4H3,(H,58,59,60)(H,61,62,63)(H,64,65,66)(H,67,68,69);;/q;+1;-1. The fourth-order valence-corrected chi connectivity index (χ4v) is 12.3. The van der Waals surface area contributed by atoms with Gasteiger partial charge in [0.1, 0.15) is 10.7 Å². The van der Waals surface area contributed by atoms with E-state index in [1.807, 2.05) is 73.9 Å². The molecule has 7 rings (SSSR count). The smallest absolute Gasteiger partial charge is 1.00 e. The number of imide groups is 1. The number of hydrogen-bond donors (Lipinski definition) is 4. The van der Waals surface area contributed by atoms with Crippen molar-refractivity contribution in [2.24, 2.45) is 10.4 Å². The first-order chi connectivity index (χ1) is 34.3. The van der Waals surface area contributed by atoms with Crippen LogP contribution < -0.4 is 34.5 Å². The van der Waals surface area contributed by atoms with Crippen molar-refractivity contribution >= 4 is 97.7 Å². The van der Waals surface area contributed by atoms with E-state index in [9.17, 15) is 66.3 Å². The van der Waals surface area contributed by atoms with Crippen molar-refractivity contribution in [3.8, 4) is 0 Å². The van der Waals surface area contributed by atoms with Crippen LogP contribution in [0, 0.1) is 5.41 Å². The predicted octanol–water partition coefficient (Wildman–Crippen LogP) is 4.08. The zero-order chi connectivity index (χ0) is 54.3. The van der Waals surface area contributed by atoms with Gasteiger partial charge in [0.2, 0.25) is 0 Å². The summed E-state index contributed by atoms with van der Waals surface area (Å²) in [4.78, 5) is 49.4. The Bertz CT molecular complexity index is 3490. The van der Waals surface area contributed by atoms with E-state index in [1.54, 1.807) is 30.5 Å². The van der Waals surface area contributed by atoms with E-state index in [0.29, 0.717) is 68.6 Å². The Labute approximate surface area is 464 Å². The molecule has 1 unspecified atom stereocenters. The fourth-order valence-electron chi connectivity index (χ4n) is 9.63. The summed E-state index contributed by atoms with van der Waals surface area (Å²) in [7, 11) is -18.5. The number of unbranched alkanes of at least 4 members (excludes halogenated alkanes) is 2. The van der Waals surface area contributed by atoms with E-state index in [4.69, 9.17) is 21.4 Å². The number of rotatable bonds is 20. The molecule has 4 N–H and O–H groups in total. The second-order valence-corrected chi connectivity index (χ2v) is 25.8. The first-order valence-electron chi connectivity index (χ1n) is 23.3. The largest absolute Gasteiger partial charge is 1.00 e. The normalized spacial score (nSPS) is 19.3. The summed E-state index contributed by atoms with van der Waals surface area (Å²) in [5, 5.41) is 0.967. The van der Waals surface area contributed by atoms with Crippen molar-refractivity contribution in [1.29, 1.82) is 0 Å². The van der Waals surface area contributed by atoms with E-state index < -0.39 is 96.4 Å². The molecule has 0 saturated carbocycles. The Morgan fingerprint density at radius 2 is 1.48 bits per heavy atom. The third-order valence-corrected chi connectivity index (χ3v) is 16.9. The van der Waals surface area contributed by atoms with E-state index in [2.05, 4.69) is 0 Å². The van der Waals surface area contributed by atoms with Crippen molar-refractivity contribution in [2.45, 2.75) is 100 Å². The van der Waals surface area contributed by atoms with Crippen LogP contribution in [0.3, 0.4) is 0 Å². The van der Waals surface area contributed by atoms with Gasteiger partial charge in [-0.2, -0.15) is 33.7 Å². The molecule has 1 saturated heterocycles. The molecule has 0 bridgehead atoms. The van der Waals surface area contributed by atoms with Crippen LogP contribution in [0.4, 0.5) is 5.69 Å². The Balaban J connectivity index is 0.00000533. The van der Waals surface area contributed by atoms with Gasteiger partial charge in [-0.05, 0) is 90.1 Å². The maximum Gasteiger partial charge on any atom is 1.00 e. The maximum atomic E-state index is 12.9. The number of hydrogen-bond acceptors (Lipinski definition) is 15. The van der Waals surface area contributed by atoms with Gasteiger partial charge in [0, 0.05) is 59.6 Å². The van der Waals surface area contributed by atoms with E-state index in [-0.39, 0.29) is 93.2 Å². The van der Waals surface area contributed by atoms with Crippen LogP contribution >= 0.6 is 11.6 Å². The molecule has 4 heterocycles. The molecule has 0 spiro atoms. The number of hydroxylamine groups is 2. The SMILES string of the molecule is CC1(C)C(=CC=C(C=CC2N(CCCCS(=O)(=O)O)c3ccc4c(S(=O)(=O)O)cc(S(=O)(=O)O)cc4c3C2(C)C)c2cccc(CCC(=O)ON3C(=O)CCC3=O)c2)N=C2C1=CC(Cl)=CN2CCCCS(=O)(=O)O.[H-].[Na+]. The van der Waals surface area contributed by atoms with Gasteiger partial charge >= 0.3 is 35.5 Å². The van der Waals surface area contributed by atoms with Crippen LogP contribution in [-0.4, -0.2) is 116 Å². The fraction of sp³-hybridized carbons (Fsp3) is 0.388. The van der Waals surface area contributed by atoms with Gasteiger partial charge in [-0.3, -0.25) is 27.8 Å². The number of allylic oxidation sites excluding steroid dienone is 7. The van der Waals surface area contributed by atoms with Crippen LogP contribution in [0.5, 0.6) is 0 Å². The molecular weight excluding hydrogens is 1090 g/mol. The monoisotopic (exact) mass is 1140 g/mol. The number of carbonyl (C=O) groups is 3. The predicted molar refractivity (Wildman–Crippen MR) is 277 cm³/mol. The minimum absolute atomic E-state index is 0. The average molecular weight is 1140 g/mol. The number of amides is 2. The summed E-state index contributed by atoms with van der Waals surface area (Å²) in [6, 6.07) is 11.4. The molecule has 0 aliphatic carbocycles. The molecule has 4 aliphatic rings. The molecule has 1 atom stereocenters. The zero-order valence-electron chi connectivity index (χ0n) is 42.6. The van der Waals surface area contributed by atoms with Gasteiger partial charge in [-0.1, -0.05) is 87.9 Å². The van der Waals surface area contributed by atoms with Gasteiger partial charge < -0.3 is 16.1 Å². The topological polar surface area (TPSA) is 300 Å². The van der Waals surface area contributed by atoms with E-state index in [0.717, 1.165) is 11.6 Å². The second-order valence-electron chi connectivity index (χ2n) is 19.4. The third kappa shape index (κ3) is 14.0. The number of nitrogens with zero attached hydrogens (tertiary/aromatic N) is 4. The summed E-state index contributed by atoms with van der Waals surface area (Å²) < 4.78 is 136. The Morgan fingerprint density at radius 1 is 0.840 bits per heavy atom. The number of halogens is 1. The number of fused-ring (bicyclic) bond motifs is 4. The van der Waals surface area contributed by atoms with Crippen molar-refractivity contribution in [2.75, 3.05) is 29.5 Å². The molecule has 3 aromatic carbocycles. The third-order valence-electron chi connectivity index (χ3n) is 13.3. The second kappa shape index (κ2) is 22.8. The van der Waals surface area contributed by atoms with Gasteiger partial charge in [0.25, 0.3) is 52.3 Å². The molecule has 26 heteroatoms. The van der Waals surface area contributed by atoms with Crippen molar-refractivity contribution in [3.05, 3.63) is 118 Å². The van der Waals surface area contributed by atoms with Crippen LogP contribution in [-0.2, 0) is 71.5 Å². The van der Waals surface area contributed by atoms with Gasteiger partial charge in [0.05, 0.1) is 39.6 Å². The number of aryl methyl sites for hydroxylation is 1. The number of aliphatic imine (C=N–C) groups is 1. The Morgan fingerprint density at radius 3 is 2.09 bits per heavy atom. The first kappa shape index (κ1) is 59.7. The van der Waals surface area contributed by atoms with Crippen LogP contribution in [0.2, 0.25) is 0 Å². The summed E-state index contributed by atoms with van der Waals surface area (Å²) in [5.41, 5.74) is 2.52. The van der Waals surface area contributed by atoms with Crippen LogP contribution in [0.1, 0.15) is 90.8 Å². The average Bonchev–Trinajstić information content (AvgIpc) is 3.83. The summed E-state index contributed by atoms with van der Waals surface area (Å²) in [6.45, 7) is 8.12. The zero-order valence-corrected chi connectivity index (χ0v) is 47.7. The molecule has 1 fully saturated rings. The Hall–Kier alpha value is -4.57. The molecule has 0 radical (unpaired) electrons. The van der Waals surface area contributed by atoms with E-state index >= 15 is 0 Å². The van der Waals surface area contributed by atoms with Crippen molar-refractivity contribution < 1.29 is 102 Å². The van der Waals surface area contributed by atoms with E-state index in [1.165, 1.54) is 6.07 Å². The molecule has 2 amide bonds. The number of benzene rings is 3. The quantitative estimate of drug-likeness (QED) is 0.0407. The minimum Gasteiger partial charge on any atom is -1.00 e. The molecule has 20 nitrogen and oxygen atoms in total. The molecule has 4 aliphatic heterocycles. The molecule has 75 heavy (non-hydrogen) atoms. The summed E-state index contributed by atoms with van der Waals surface area (Å²) >= 11 is 6.61. The minimum atomic E-state index is -5.05. The Kier molecular flexibility index (Phi) is 18.1. The molecule has 400 valence electrons. The van der Waals surface area contributed by atoms with Crippen LogP contribution in [0.25, 0.3) is 16.3 Å². The van der Waals surface area contributed by atoms with Gasteiger partial charge in [-0.25, -0.2) is 9.79 Å². The summed E-state index contributed by atoms with van der Waals surface area (Å²) in [5.74, 6) is -2.36. The van der Waals surface area contributed by atoms with Crippen LogP contribution in [0.15, 0.2) is 116 Å². The van der Waals surface area contributed by atoms with Gasteiger partial charge in [0.15, 0.2) is 0 Å². The number of anilines is 1.